The first kappa shape index (κ1) is 16.9. The van der Waals surface area contributed by atoms with Crippen LogP contribution in [0.3, 0.4) is 0 Å². The Kier molecular flexibility index (Phi) is 5.69. The summed E-state index contributed by atoms with van der Waals surface area (Å²) in [6.45, 7) is 8.58. The highest BCUT2D eigenvalue weighted by Gasteiger charge is 2.05. The topological polar surface area (TPSA) is 41.5 Å². The van der Waals surface area contributed by atoms with Crippen molar-refractivity contribution in [3.05, 3.63) is 70.8 Å². The number of hydrogen-bond acceptors (Lipinski definition) is 2. The molecule has 0 aliphatic carbocycles. The lowest BCUT2D eigenvalue weighted by Crippen LogP contribution is -2.17. The molecule has 0 atom stereocenters. The van der Waals surface area contributed by atoms with Crippen molar-refractivity contribution in [3.63, 3.8) is 0 Å². The molecule has 1 N–H and O–H groups in total. The molecular weight excluding hydrogens is 284 g/mol. The number of rotatable bonds is 5. The van der Waals surface area contributed by atoms with Crippen molar-refractivity contribution in [1.29, 1.82) is 0 Å². The summed E-state index contributed by atoms with van der Waals surface area (Å²) in [7, 11) is 0. The molecule has 2 rings (SSSR count). The molecule has 0 bridgehead atoms. The van der Waals surface area contributed by atoms with Crippen LogP contribution in [0.2, 0.25) is 0 Å². The molecule has 0 heterocycles. The fourth-order valence-corrected chi connectivity index (χ4v) is 2.22. The lowest BCUT2D eigenvalue weighted by atomic mass is 10.0. The van der Waals surface area contributed by atoms with Gasteiger partial charge in [0.2, 0.25) is 0 Å². The maximum absolute atomic E-state index is 12.0. The maximum Gasteiger partial charge on any atom is 0.271 e. The number of carbonyl (C=O) groups excluding carboxylic acids is 1. The van der Waals surface area contributed by atoms with Gasteiger partial charge < -0.3 is 0 Å². The van der Waals surface area contributed by atoms with Gasteiger partial charge in [-0.3, -0.25) is 4.79 Å². The van der Waals surface area contributed by atoms with E-state index in [9.17, 15) is 4.79 Å². The number of hydrazone groups is 1. The summed E-state index contributed by atoms with van der Waals surface area (Å²) in [5.41, 5.74) is 6.65. The van der Waals surface area contributed by atoms with Crippen molar-refractivity contribution in [1.82, 2.24) is 5.43 Å². The fraction of sp³-hybridized carbons (Fsp3) is 0.300. The molecule has 3 heteroatoms. The van der Waals surface area contributed by atoms with Gasteiger partial charge in [-0.15, -0.1) is 0 Å². The van der Waals surface area contributed by atoms with Crippen molar-refractivity contribution in [2.75, 3.05) is 0 Å². The third-order valence-corrected chi connectivity index (χ3v) is 3.82. The molecule has 0 aliphatic rings. The van der Waals surface area contributed by atoms with Gasteiger partial charge in [-0.1, -0.05) is 64.1 Å². The summed E-state index contributed by atoms with van der Waals surface area (Å²) < 4.78 is 0. The average molecular weight is 308 g/mol. The summed E-state index contributed by atoms with van der Waals surface area (Å²) in [5.74, 6) is 0.767. The first-order chi connectivity index (χ1) is 11.0. The van der Waals surface area contributed by atoms with Gasteiger partial charge in [0.05, 0.1) is 6.21 Å². The highest BCUT2D eigenvalue weighted by atomic mass is 16.2. The Morgan fingerprint density at radius 3 is 1.83 bits per heavy atom. The zero-order valence-corrected chi connectivity index (χ0v) is 14.2. The van der Waals surface area contributed by atoms with Gasteiger partial charge in [-0.2, -0.15) is 5.10 Å². The highest BCUT2D eigenvalue weighted by Crippen LogP contribution is 2.15. The van der Waals surface area contributed by atoms with E-state index in [-0.39, 0.29) is 5.91 Å². The van der Waals surface area contributed by atoms with E-state index in [1.807, 2.05) is 36.4 Å². The van der Waals surface area contributed by atoms with E-state index in [0.717, 1.165) is 5.56 Å². The third-order valence-electron chi connectivity index (χ3n) is 3.82. The molecule has 2 aromatic rings. The Bertz CT molecular complexity index is 668. The van der Waals surface area contributed by atoms with Crippen LogP contribution < -0.4 is 5.43 Å². The van der Waals surface area contributed by atoms with Gasteiger partial charge >= 0.3 is 0 Å². The van der Waals surface area contributed by atoms with Crippen molar-refractivity contribution < 1.29 is 4.79 Å². The summed E-state index contributed by atoms with van der Waals surface area (Å²) in [6, 6.07) is 15.8. The zero-order valence-electron chi connectivity index (χ0n) is 14.2. The largest absolute Gasteiger partial charge is 0.271 e. The molecule has 0 fully saturated rings. The van der Waals surface area contributed by atoms with Crippen LogP contribution in [0.4, 0.5) is 0 Å². The van der Waals surface area contributed by atoms with E-state index >= 15 is 0 Å². The monoisotopic (exact) mass is 308 g/mol. The van der Waals surface area contributed by atoms with Crippen molar-refractivity contribution in [3.8, 4) is 0 Å². The molecule has 23 heavy (non-hydrogen) atoms. The van der Waals surface area contributed by atoms with E-state index in [2.05, 4.69) is 50.4 Å². The smallest absolute Gasteiger partial charge is 0.267 e. The Morgan fingerprint density at radius 1 is 0.870 bits per heavy atom. The molecule has 2 aromatic carbocycles. The summed E-state index contributed by atoms with van der Waals surface area (Å²) in [4.78, 5) is 12.0. The third kappa shape index (κ3) is 4.78. The van der Waals surface area contributed by atoms with Gasteiger partial charge in [0, 0.05) is 5.56 Å². The van der Waals surface area contributed by atoms with Gasteiger partial charge in [-0.05, 0) is 40.7 Å². The van der Waals surface area contributed by atoms with E-state index in [4.69, 9.17) is 0 Å². The predicted octanol–water partition coefficient (Wildman–Crippen LogP) is 4.70. The highest BCUT2D eigenvalue weighted by molar-refractivity contribution is 5.94. The molecule has 1 amide bonds. The summed E-state index contributed by atoms with van der Waals surface area (Å²) in [6.07, 6.45) is 1.66. The second kappa shape index (κ2) is 7.73. The molecule has 0 saturated heterocycles. The fourth-order valence-electron chi connectivity index (χ4n) is 2.22. The van der Waals surface area contributed by atoms with Gasteiger partial charge in [0.25, 0.3) is 5.91 Å². The predicted molar refractivity (Wildman–Crippen MR) is 96.1 cm³/mol. The van der Waals surface area contributed by atoms with Crippen molar-refractivity contribution in [2.45, 2.75) is 39.5 Å². The van der Waals surface area contributed by atoms with E-state index in [1.54, 1.807) is 6.21 Å². The minimum atomic E-state index is -0.199. The average Bonchev–Trinajstić information content (AvgIpc) is 2.55. The van der Waals surface area contributed by atoms with Crippen LogP contribution >= 0.6 is 0 Å². The van der Waals surface area contributed by atoms with Crippen LogP contribution in [-0.2, 0) is 0 Å². The SMILES string of the molecule is CC(C)c1ccc(/C=N/NC(=O)c2ccc(C(C)C)cc2)cc1. The number of nitrogens with zero attached hydrogens (tertiary/aromatic N) is 1. The van der Waals surface area contributed by atoms with Gasteiger partial charge in [0.1, 0.15) is 0 Å². The van der Waals surface area contributed by atoms with E-state index in [0.29, 0.717) is 17.4 Å². The second-order valence-electron chi connectivity index (χ2n) is 6.30. The van der Waals surface area contributed by atoms with Crippen LogP contribution in [0.25, 0.3) is 0 Å². The Labute approximate surface area is 138 Å². The first-order valence-corrected chi connectivity index (χ1v) is 8.00. The number of hydrogen-bond donors (Lipinski definition) is 1. The van der Waals surface area contributed by atoms with Crippen LogP contribution in [-0.4, -0.2) is 12.1 Å². The number of nitrogens with one attached hydrogen (secondary N) is 1. The van der Waals surface area contributed by atoms with E-state index in [1.165, 1.54) is 11.1 Å². The van der Waals surface area contributed by atoms with Crippen molar-refractivity contribution in [2.24, 2.45) is 5.10 Å². The Hall–Kier alpha value is -2.42. The zero-order chi connectivity index (χ0) is 16.8. The minimum absolute atomic E-state index is 0.199. The van der Waals surface area contributed by atoms with Gasteiger partial charge in [0.15, 0.2) is 0 Å². The van der Waals surface area contributed by atoms with Gasteiger partial charge in [-0.25, -0.2) is 5.43 Å². The lowest BCUT2D eigenvalue weighted by molar-refractivity contribution is 0.0955. The summed E-state index contributed by atoms with van der Waals surface area (Å²) >= 11 is 0. The van der Waals surface area contributed by atoms with Crippen LogP contribution in [0.1, 0.15) is 66.6 Å². The lowest BCUT2D eigenvalue weighted by Gasteiger charge is -2.06. The van der Waals surface area contributed by atoms with E-state index < -0.39 is 0 Å². The number of carbonyl (C=O) groups is 1. The standard InChI is InChI=1S/C20H24N2O/c1-14(2)17-7-5-16(6-8-17)13-21-22-20(23)19-11-9-18(10-12-19)15(3)4/h5-15H,1-4H3,(H,22,23)/b21-13+. The quantitative estimate of drug-likeness (QED) is 0.631. The minimum Gasteiger partial charge on any atom is -0.267 e. The van der Waals surface area contributed by atoms with Crippen LogP contribution in [0.15, 0.2) is 53.6 Å². The molecule has 3 nitrogen and oxygen atoms in total. The Morgan fingerprint density at radius 2 is 1.35 bits per heavy atom. The van der Waals surface area contributed by atoms with Crippen molar-refractivity contribution >= 4 is 12.1 Å². The summed E-state index contributed by atoms with van der Waals surface area (Å²) in [5, 5.41) is 4.03. The number of benzene rings is 2. The maximum atomic E-state index is 12.0. The molecular formula is C20H24N2O. The molecule has 0 saturated carbocycles. The normalized spacial score (nSPS) is 11.4. The molecule has 0 aromatic heterocycles. The first-order valence-electron chi connectivity index (χ1n) is 8.00. The number of amides is 1. The van der Waals surface area contributed by atoms with Crippen LogP contribution in [0.5, 0.6) is 0 Å². The second-order valence-corrected chi connectivity index (χ2v) is 6.30. The Balaban J connectivity index is 1.95. The molecule has 0 spiro atoms. The molecule has 0 aliphatic heterocycles. The molecule has 0 radical (unpaired) electrons. The van der Waals surface area contributed by atoms with Crippen LogP contribution in [0, 0.1) is 0 Å². The molecule has 0 unspecified atom stereocenters. The molecule has 120 valence electrons.